The van der Waals surface area contributed by atoms with Gasteiger partial charge >= 0.3 is 5.97 Å². The van der Waals surface area contributed by atoms with Crippen molar-refractivity contribution in [3.05, 3.63) is 35.9 Å². The summed E-state index contributed by atoms with van der Waals surface area (Å²) in [5, 5.41) is 13.2. The van der Waals surface area contributed by atoms with Gasteiger partial charge in [-0.3, -0.25) is 4.79 Å². The number of ether oxygens (including phenoxy) is 1. The molecule has 20 heavy (non-hydrogen) atoms. The predicted octanol–water partition coefficient (Wildman–Crippen LogP) is 0.759. The van der Waals surface area contributed by atoms with Gasteiger partial charge in [-0.05, 0) is 12.0 Å². The third-order valence-electron chi connectivity index (χ3n) is 4.02. The standard InChI is InChI=1S/C14H14ClNO4/c15-7-6-9-11-14(13(19)20-11,16-12(9)18)10(17)8-4-2-1-3-5-8/h1-5,9-11,17H,6-7H2,(H,16,18)/t9-,10-,11+,14-/m1/s1. The molecule has 106 valence electrons. The van der Waals surface area contributed by atoms with Crippen molar-refractivity contribution in [1.29, 1.82) is 0 Å². The van der Waals surface area contributed by atoms with E-state index in [-0.39, 0.29) is 5.91 Å². The Bertz CT molecular complexity index is 549. The fourth-order valence-electron chi connectivity index (χ4n) is 2.95. The summed E-state index contributed by atoms with van der Waals surface area (Å²) in [6, 6.07) is 8.77. The summed E-state index contributed by atoms with van der Waals surface area (Å²) in [4.78, 5) is 23.9. The van der Waals surface area contributed by atoms with Crippen LogP contribution in [0, 0.1) is 5.92 Å². The average molecular weight is 296 g/mol. The van der Waals surface area contributed by atoms with Crippen molar-refractivity contribution in [3.63, 3.8) is 0 Å². The summed E-state index contributed by atoms with van der Waals surface area (Å²) in [5.41, 5.74) is -0.796. The second kappa shape index (κ2) is 4.75. The first-order valence-corrected chi connectivity index (χ1v) is 6.97. The SMILES string of the molecule is O=C1N[C@@]2([C@H](O)c3ccccc3)C(=O)O[C@H]2[C@H]1CCCl. The molecule has 1 amide bonds. The van der Waals surface area contributed by atoms with Gasteiger partial charge in [-0.1, -0.05) is 30.3 Å². The van der Waals surface area contributed by atoms with E-state index < -0.39 is 29.6 Å². The van der Waals surface area contributed by atoms with Crippen LogP contribution in [0.3, 0.4) is 0 Å². The van der Waals surface area contributed by atoms with Gasteiger partial charge in [0.1, 0.15) is 6.10 Å². The molecule has 0 spiro atoms. The zero-order chi connectivity index (χ0) is 14.3. The fourth-order valence-corrected chi connectivity index (χ4v) is 3.19. The first kappa shape index (κ1) is 13.4. The van der Waals surface area contributed by atoms with Crippen LogP contribution in [0.15, 0.2) is 30.3 Å². The van der Waals surface area contributed by atoms with E-state index >= 15 is 0 Å². The van der Waals surface area contributed by atoms with Crippen LogP contribution in [0.2, 0.25) is 0 Å². The molecule has 2 fully saturated rings. The molecule has 0 radical (unpaired) electrons. The summed E-state index contributed by atoms with van der Waals surface area (Å²) < 4.78 is 5.10. The number of aliphatic hydroxyl groups excluding tert-OH is 1. The van der Waals surface area contributed by atoms with Crippen LogP contribution in [-0.4, -0.2) is 34.5 Å². The van der Waals surface area contributed by atoms with E-state index in [9.17, 15) is 14.7 Å². The predicted molar refractivity (Wildman–Crippen MR) is 71.0 cm³/mol. The molecule has 0 aliphatic carbocycles. The molecule has 4 atom stereocenters. The van der Waals surface area contributed by atoms with E-state index in [4.69, 9.17) is 16.3 Å². The van der Waals surface area contributed by atoms with Gasteiger partial charge < -0.3 is 15.2 Å². The molecule has 0 unspecified atom stereocenters. The topological polar surface area (TPSA) is 75.6 Å². The highest BCUT2D eigenvalue weighted by Gasteiger charge is 2.71. The minimum Gasteiger partial charge on any atom is -0.456 e. The summed E-state index contributed by atoms with van der Waals surface area (Å²) in [7, 11) is 0. The van der Waals surface area contributed by atoms with Crippen molar-refractivity contribution >= 4 is 23.5 Å². The van der Waals surface area contributed by atoms with Crippen molar-refractivity contribution in [2.75, 3.05) is 5.88 Å². The first-order chi connectivity index (χ1) is 9.61. The number of halogens is 1. The number of carbonyl (C=O) groups is 2. The van der Waals surface area contributed by atoms with Crippen LogP contribution in [0.25, 0.3) is 0 Å². The molecule has 1 aromatic rings. The molecule has 2 saturated heterocycles. The number of benzene rings is 1. The largest absolute Gasteiger partial charge is 0.456 e. The van der Waals surface area contributed by atoms with Crippen molar-refractivity contribution in [2.45, 2.75) is 24.2 Å². The second-order valence-electron chi connectivity index (χ2n) is 5.08. The number of rotatable bonds is 4. The van der Waals surface area contributed by atoms with E-state index in [1.54, 1.807) is 24.3 Å². The van der Waals surface area contributed by atoms with Gasteiger partial charge in [0.2, 0.25) is 11.4 Å². The molecule has 2 aliphatic heterocycles. The van der Waals surface area contributed by atoms with E-state index in [1.807, 2.05) is 6.07 Å². The number of aliphatic hydroxyl groups is 1. The molecule has 0 bridgehead atoms. The van der Waals surface area contributed by atoms with E-state index in [2.05, 4.69) is 5.32 Å². The molecule has 0 saturated carbocycles. The van der Waals surface area contributed by atoms with Gasteiger partial charge in [0.05, 0.1) is 5.92 Å². The Morgan fingerprint density at radius 2 is 2.05 bits per heavy atom. The number of hydrogen-bond donors (Lipinski definition) is 2. The highest BCUT2D eigenvalue weighted by Crippen LogP contribution is 2.47. The Balaban J connectivity index is 1.94. The molecule has 3 rings (SSSR count). The molecule has 2 N–H and O–H groups in total. The minimum atomic E-state index is -1.37. The summed E-state index contributed by atoms with van der Waals surface area (Å²) in [5.74, 6) is -1.09. The van der Waals surface area contributed by atoms with E-state index in [1.165, 1.54) is 0 Å². The zero-order valence-electron chi connectivity index (χ0n) is 10.6. The van der Waals surface area contributed by atoms with E-state index in [0.29, 0.717) is 17.9 Å². The third-order valence-corrected chi connectivity index (χ3v) is 4.24. The van der Waals surface area contributed by atoms with Crippen molar-refractivity contribution < 1.29 is 19.4 Å². The average Bonchev–Trinajstić information content (AvgIpc) is 2.69. The summed E-state index contributed by atoms with van der Waals surface area (Å²) in [6.45, 7) is 0. The van der Waals surface area contributed by atoms with Crippen LogP contribution in [-0.2, 0) is 14.3 Å². The second-order valence-corrected chi connectivity index (χ2v) is 5.46. The highest BCUT2D eigenvalue weighted by atomic mass is 35.5. The normalized spacial score (nSPS) is 32.9. The fraction of sp³-hybridized carbons (Fsp3) is 0.429. The lowest BCUT2D eigenvalue weighted by atomic mass is 9.76. The maximum atomic E-state index is 12.0. The minimum absolute atomic E-state index is 0.295. The summed E-state index contributed by atoms with van der Waals surface area (Å²) in [6.07, 6.45) is -1.37. The highest BCUT2D eigenvalue weighted by molar-refractivity contribution is 6.18. The number of esters is 1. The Labute approximate surface area is 120 Å². The van der Waals surface area contributed by atoms with Crippen LogP contribution >= 0.6 is 11.6 Å². The molecule has 2 heterocycles. The molecular formula is C14H14ClNO4. The number of fused-ring (bicyclic) bond motifs is 1. The van der Waals surface area contributed by atoms with Gasteiger partial charge in [-0.2, -0.15) is 0 Å². The quantitative estimate of drug-likeness (QED) is 0.635. The Morgan fingerprint density at radius 1 is 1.35 bits per heavy atom. The van der Waals surface area contributed by atoms with Gasteiger partial charge in [-0.15, -0.1) is 11.6 Å². The van der Waals surface area contributed by atoms with Crippen LogP contribution in [0.4, 0.5) is 0 Å². The van der Waals surface area contributed by atoms with Crippen LogP contribution in [0.1, 0.15) is 18.1 Å². The molecular weight excluding hydrogens is 282 g/mol. The van der Waals surface area contributed by atoms with Crippen molar-refractivity contribution in [2.24, 2.45) is 5.92 Å². The number of carbonyl (C=O) groups excluding carboxylic acids is 2. The monoisotopic (exact) mass is 295 g/mol. The van der Waals surface area contributed by atoms with Crippen molar-refractivity contribution in [1.82, 2.24) is 5.32 Å². The number of nitrogens with one attached hydrogen (secondary N) is 1. The lowest BCUT2D eigenvalue weighted by molar-refractivity contribution is -0.205. The third kappa shape index (κ3) is 1.66. The molecule has 0 aromatic heterocycles. The van der Waals surface area contributed by atoms with Gasteiger partial charge in [-0.25, -0.2) is 4.79 Å². The van der Waals surface area contributed by atoms with Crippen molar-refractivity contribution in [3.8, 4) is 0 Å². The van der Waals surface area contributed by atoms with Gasteiger partial charge in [0.15, 0.2) is 6.10 Å². The number of hydrogen-bond acceptors (Lipinski definition) is 4. The Kier molecular flexibility index (Phi) is 3.18. The van der Waals surface area contributed by atoms with Gasteiger partial charge in [0, 0.05) is 5.88 Å². The molecule has 5 nitrogen and oxygen atoms in total. The number of alkyl halides is 1. The molecule has 1 aromatic carbocycles. The number of amides is 1. The Hall–Kier alpha value is -1.59. The lowest BCUT2D eigenvalue weighted by Gasteiger charge is -2.45. The maximum absolute atomic E-state index is 12.0. The van der Waals surface area contributed by atoms with Gasteiger partial charge in [0.25, 0.3) is 0 Å². The van der Waals surface area contributed by atoms with Crippen LogP contribution < -0.4 is 5.32 Å². The zero-order valence-corrected chi connectivity index (χ0v) is 11.3. The van der Waals surface area contributed by atoms with Crippen LogP contribution in [0.5, 0.6) is 0 Å². The summed E-state index contributed by atoms with van der Waals surface area (Å²) >= 11 is 5.68. The Morgan fingerprint density at radius 3 is 2.65 bits per heavy atom. The van der Waals surface area contributed by atoms with E-state index in [0.717, 1.165) is 0 Å². The smallest absolute Gasteiger partial charge is 0.339 e. The molecule has 6 heteroatoms. The molecule has 2 aliphatic rings. The maximum Gasteiger partial charge on any atom is 0.339 e. The first-order valence-electron chi connectivity index (χ1n) is 6.43. The lowest BCUT2D eigenvalue weighted by Crippen LogP contribution is -2.70.